The second-order valence-electron chi connectivity index (χ2n) is 7.81. The maximum Gasteiger partial charge on any atom is 0.331 e. The molecule has 9 heteroatoms. The summed E-state index contributed by atoms with van der Waals surface area (Å²) in [6, 6.07) is 12.0. The Morgan fingerprint density at radius 1 is 1.03 bits per heavy atom. The van der Waals surface area contributed by atoms with Gasteiger partial charge in [0.1, 0.15) is 4.83 Å². The Kier molecular flexibility index (Phi) is 6.24. The first-order valence-corrected chi connectivity index (χ1v) is 11.3. The van der Waals surface area contributed by atoms with E-state index in [9.17, 15) is 14.4 Å². The molecule has 0 radical (unpaired) electrons. The number of benzene rings is 1. The van der Waals surface area contributed by atoms with Crippen molar-refractivity contribution in [1.29, 1.82) is 0 Å². The monoisotopic (exact) mass is 441 g/mol. The molecule has 8 nitrogen and oxygen atoms in total. The van der Waals surface area contributed by atoms with Gasteiger partial charge in [0, 0.05) is 52.5 Å². The van der Waals surface area contributed by atoms with Crippen LogP contribution in [-0.4, -0.2) is 59.2 Å². The molecule has 3 heterocycles. The van der Waals surface area contributed by atoms with Crippen LogP contribution in [-0.2, 0) is 14.1 Å². The number of anilines is 1. The Morgan fingerprint density at radius 3 is 2.45 bits per heavy atom. The van der Waals surface area contributed by atoms with E-state index >= 15 is 0 Å². The summed E-state index contributed by atoms with van der Waals surface area (Å²) in [6.45, 7) is 5.54. The molecular formula is C22H27N5O3S. The molecule has 4 rings (SSSR count). The van der Waals surface area contributed by atoms with Crippen molar-refractivity contribution in [3.8, 4) is 0 Å². The Hall–Kier alpha value is -2.91. The van der Waals surface area contributed by atoms with E-state index in [1.807, 2.05) is 6.07 Å². The van der Waals surface area contributed by atoms with E-state index in [0.29, 0.717) is 21.6 Å². The molecule has 1 N–H and O–H groups in total. The van der Waals surface area contributed by atoms with Gasteiger partial charge in [-0.1, -0.05) is 18.2 Å². The van der Waals surface area contributed by atoms with Gasteiger partial charge in [-0.15, -0.1) is 11.3 Å². The number of amides is 1. The van der Waals surface area contributed by atoms with Crippen LogP contribution < -0.4 is 21.5 Å². The summed E-state index contributed by atoms with van der Waals surface area (Å²) in [5.41, 5.74) is 0.506. The quantitative estimate of drug-likeness (QED) is 0.583. The zero-order valence-electron chi connectivity index (χ0n) is 17.8. The van der Waals surface area contributed by atoms with E-state index in [-0.39, 0.29) is 11.5 Å². The van der Waals surface area contributed by atoms with Gasteiger partial charge in [0.2, 0.25) is 0 Å². The van der Waals surface area contributed by atoms with E-state index in [0.717, 1.165) is 43.7 Å². The predicted molar refractivity (Wildman–Crippen MR) is 124 cm³/mol. The first kappa shape index (κ1) is 21.3. The Labute approximate surface area is 184 Å². The summed E-state index contributed by atoms with van der Waals surface area (Å²) < 4.78 is 2.47. The smallest absolute Gasteiger partial charge is 0.331 e. The molecular weight excluding hydrogens is 414 g/mol. The summed E-state index contributed by atoms with van der Waals surface area (Å²) in [5.74, 6) is -0.204. The van der Waals surface area contributed by atoms with Crippen molar-refractivity contribution < 1.29 is 4.79 Å². The minimum absolute atomic E-state index is 0.204. The fourth-order valence-corrected chi connectivity index (χ4v) is 4.96. The van der Waals surface area contributed by atoms with Crippen LogP contribution in [0.4, 0.5) is 5.69 Å². The van der Waals surface area contributed by atoms with E-state index in [1.165, 1.54) is 28.6 Å². The molecule has 1 aromatic carbocycles. The first-order chi connectivity index (χ1) is 15.0. The number of nitrogens with zero attached hydrogens (tertiary/aromatic N) is 4. The summed E-state index contributed by atoms with van der Waals surface area (Å²) in [6.07, 6.45) is 0.863. The molecule has 1 aliphatic rings. The van der Waals surface area contributed by atoms with Crippen LogP contribution >= 0.6 is 11.3 Å². The number of thiophene rings is 1. The van der Waals surface area contributed by atoms with Gasteiger partial charge in [-0.25, -0.2) is 4.79 Å². The van der Waals surface area contributed by atoms with Crippen LogP contribution in [0.1, 0.15) is 16.1 Å². The fourth-order valence-electron chi connectivity index (χ4n) is 3.94. The number of hydrogen-bond acceptors (Lipinski definition) is 6. The molecule has 3 aromatic rings. The number of carbonyl (C=O) groups excluding carboxylic acids is 1. The van der Waals surface area contributed by atoms with Crippen molar-refractivity contribution in [2.24, 2.45) is 14.1 Å². The zero-order valence-corrected chi connectivity index (χ0v) is 18.7. The third-order valence-electron chi connectivity index (χ3n) is 5.78. The molecule has 2 aromatic heterocycles. The number of hydrogen-bond donors (Lipinski definition) is 1. The number of aryl methyl sites for hydroxylation is 1. The third-order valence-corrected chi connectivity index (χ3v) is 6.99. The van der Waals surface area contributed by atoms with E-state index < -0.39 is 5.69 Å². The molecule has 0 saturated carbocycles. The predicted octanol–water partition coefficient (Wildman–Crippen LogP) is 1.24. The summed E-state index contributed by atoms with van der Waals surface area (Å²) >= 11 is 1.17. The highest BCUT2D eigenvalue weighted by molar-refractivity contribution is 7.20. The molecule has 31 heavy (non-hydrogen) atoms. The maximum absolute atomic E-state index is 12.5. The van der Waals surface area contributed by atoms with Crippen LogP contribution in [0.3, 0.4) is 0 Å². The van der Waals surface area contributed by atoms with Crippen molar-refractivity contribution in [2.75, 3.05) is 44.2 Å². The minimum atomic E-state index is -0.390. The summed E-state index contributed by atoms with van der Waals surface area (Å²) in [5, 5.41) is 3.34. The Morgan fingerprint density at radius 2 is 1.74 bits per heavy atom. The van der Waals surface area contributed by atoms with Crippen LogP contribution in [0.25, 0.3) is 10.2 Å². The second kappa shape index (κ2) is 9.07. The van der Waals surface area contributed by atoms with Crippen molar-refractivity contribution in [3.63, 3.8) is 0 Å². The van der Waals surface area contributed by atoms with Gasteiger partial charge in [-0.05, 0) is 31.2 Å². The van der Waals surface area contributed by atoms with E-state index in [4.69, 9.17) is 0 Å². The Bertz CT molecular complexity index is 1190. The number of carbonyl (C=O) groups is 1. The molecule has 1 fully saturated rings. The first-order valence-electron chi connectivity index (χ1n) is 10.5. The molecule has 1 saturated heterocycles. The van der Waals surface area contributed by atoms with Gasteiger partial charge in [0.15, 0.2) is 0 Å². The molecule has 0 aliphatic carbocycles. The van der Waals surface area contributed by atoms with Crippen molar-refractivity contribution in [3.05, 3.63) is 62.1 Å². The van der Waals surface area contributed by atoms with Crippen LogP contribution in [0, 0.1) is 0 Å². The van der Waals surface area contributed by atoms with Gasteiger partial charge >= 0.3 is 5.69 Å². The number of rotatable bonds is 6. The second-order valence-corrected chi connectivity index (χ2v) is 8.84. The zero-order chi connectivity index (χ0) is 22.0. The number of para-hydroxylation sites is 1. The summed E-state index contributed by atoms with van der Waals surface area (Å²) in [7, 11) is 3.06. The number of nitrogens with one attached hydrogen (secondary N) is 1. The molecule has 0 atom stereocenters. The lowest BCUT2D eigenvalue weighted by Gasteiger charge is -2.36. The Balaban J connectivity index is 1.27. The van der Waals surface area contributed by atoms with Gasteiger partial charge < -0.3 is 10.2 Å². The lowest BCUT2D eigenvalue weighted by atomic mass is 10.2. The molecule has 0 unspecified atom stereocenters. The van der Waals surface area contributed by atoms with Gasteiger partial charge in [-0.3, -0.25) is 23.6 Å². The molecule has 1 amide bonds. The minimum Gasteiger partial charge on any atom is -0.369 e. The fraction of sp³-hybridized carbons (Fsp3) is 0.409. The van der Waals surface area contributed by atoms with Gasteiger partial charge in [0.05, 0.1) is 10.3 Å². The highest BCUT2D eigenvalue weighted by Crippen LogP contribution is 2.21. The number of aromatic nitrogens is 2. The lowest BCUT2D eigenvalue weighted by molar-refractivity contribution is 0.0955. The highest BCUT2D eigenvalue weighted by atomic mass is 32.1. The van der Waals surface area contributed by atoms with Crippen LogP contribution in [0.15, 0.2) is 46.0 Å². The average molecular weight is 442 g/mol. The van der Waals surface area contributed by atoms with E-state index in [1.54, 1.807) is 13.1 Å². The molecule has 0 spiro atoms. The topological polar surface area (TPSA) is 79.6 Å². The highest BCUT2D eigenvalue weighted by Gasteiger charge is 2.18. The summed E-state index contributed by atoms with van der Waals surface area (Å²) in [4.78, 5) is 42.7. The average Bonchev–Trinajstić information content (AvgIpc) is 3.26. The maximum atomic E-state index is 12.5. The molecule has 164 valence electrons. The van der Waals surface area contributed by atoms with Crippen molar-refractivity contribution in [1.82, 2.24) is 19.4 Å². The molecule has 0 bridgehead atoms. The van der Waals surface area contributed by atoms with Gasteiger partial charge in [0.25, 0.3) is 11.5 Å². The molecule has 1 aliphatic heterocycles. The SMILES string of the molecule is Cn1c(=O)c2cc(C(=O)NCCCN3CCN(c4ccccc4)CC3)sc2n(C)c1=O. The normalized spacial score (nSPS) is 14.8. The van der Waals surface area contributed by atoms with Crippen molar-refractivity contribution >= 4 is 33.1 Å². The van der Waals surface area contributed by atoms with Gasteiger partial charge in [-0.2, -0.15) is 0 Å². The third kappa shape index (κ3) is 4.42. The number of piperazine rings is 1. The van der Waals surface area contributed by atoms with Crippen LogP contribution in [0.2, 0.25) is 0 Å². The largest absolute Gasteiger partial charge is 0.369 e. The van der Waals surface area contributed by atoms with Crippen LogP contribution in [0.5, 0.6) is 0 Å². The van der Waals surface area contributed by atoms with E-state index in [2.05, 4.69) is 39.4 Å². The standard InChI is InChI=1S/C22H27N5O3S/c1-24-20(29)17-15-18(31-21(17)25(2)22(24)30)19(28)23-9-6-10-26-11-13-27(14-12-26)16-7-4-3-5-8-16/h3-5,7-8,15H,6,9-14H2,1-2H3,(H,23,28). The number of fused-ring (bicyclic) bond motifs is 1. The van der Waals surface area contributed by atoms with Crippen molar-refractivity contribution in [2.45, 2.75) is 6.42 Å². The lowest BCUT2D eigenvalue weighted by Crippen LogP contribution is -2.47.